The second kappa shape index (κ2) is 7.13. The monoisotopic (exact) mass is 310 g/mol. The quantitative estimate of drug-likeness (QED) is 0.946. The Morgan fingerprint density at radius 2 is 2.30 bits per heavy atom. The Labute approximate surface area is 129 Å². The third kappa shape index (κ3) is 3.76. The molecule has 1 aliphatic heterocycles. The summed E-state index contributed by atoms with van der Waals surface area (Å²) in [5, 5.41) is 3.13. The first kappa shape index (κ1) is 15.4. The molecule has 2 N–H and O–H groups in total. The van der Waals surface area contributed by atoms with Crippen LogP contribution in [0.3, 0.4) is 0 Å². The number of thiazole rings is 1. The van der Waals surface area contributed by atoms with Crippen LogP contribution in [-0.4, -0.2) is 34.0 Å². The van der Waals surface area contributed by atoms with E-state index in [1.807, 2.05) is 18.2 Å². The van der Waals surface area contributed by atoms with Gasteiger partial charge in [-0.05, 0) is 31.5 Å². The number of rotatable bonds is 3. The summed E-state index contributed by atoms with van der Waals surface area (Å²) in [7, 11) is 0. The van der Waals surface area contributed by atoms with E-state index in [1.165, 1.54) is 6.42 Å². The number of piperidine rings is 1. The van der Waals surface area contributed by atoms with Crippen molar-refractivity contribution in [2.45, 2.75) is 25.4 Å². The number of hydrogen-bond acceptors (Lipinski definition) is 5. The molecule has 0 aromatic carbocycles. The number of likely N-dealkylation sites (tertiary alicyclic amines) is 1. The molecule has 0 unspecified atom stereocenters. The summed E-state index contributed by atoms with van der Waals surface area (Å²) in [6, 6.07) is 6.24. The lowest BCUT2D eigenvalue weighted by Gasteiger charge is -2.29. The second-order valence-electron chi connectivity index (χ2n) is 5.00. The molecule has 2 aromatic rings. The van der Waals surface area contributed by atoms with Crippen molar-refractivity contribution >= 4 is 23.7 Å². The molecule has 6 heteroatoms. The summed E-state index contributed by atoms with van der Waals surface area (Å²) < 4.78 is 0. The normalized spacial score (nSPS) is 19.6. The van der Waals surface area contributed by atoms with Crippen LogP contribution in [-0.2, 0) is 6.54 Å². The van der Waals surface area contributed by atoms with Crippen LogP contribution < -0.4 is 5.73 Å². The molecule has 108 valence electrons. The average molecular weight is 311 g/mol. The smallest absolute Gasteiger partial charge is 0.142 e. The molecule has 20 heavy (non-hydrogen) atoms. The van der Waals surface area contributed by atoms with Crippen molar-refractivity contribution in [2.24, 2.45) is 5.73 Å². The minimum Gasteiger partial charge on any atom is -0.327 e. The number of nitrogens with two attached hydrogens (primary N) is 1. The molecule has 2 aromatic heterocycles. The van der Waals surface area contributed by atoms with Crippen LogP contribution >= 0.6 is 23.7 Å². The van der Waals surface area contributed by atoms with Crippen LogP contribution in [0, 0.1) is 0 Å². The zero-order valence-corrected chi connectivity index (χ0v) is 12.9. The van der Waals surface area contributed by atoms with E-state index in [-0.39, 0.29) is 12.4 Å². The Morgan fingerprint density at radius 3 is 3.05 bits per heavy atom. The van der Waals surface area contributed by atoms with E-state index in [9.17, 15) is 0 Å². The Balaban J connectivity index is 0.00000147. The summed E-state index contributed by atoms with van der Waals surface area (Å²) in [5.74, 6) is 0. The molecule has 0 bridgehead atoms. The van der Waals surface area contributed by atoms with Crippen LogP contribution in [0.4, 0.5) is 0 Å². The average Bonchev–Trinajstić information content (AvgIpc) is 2.88. The van der Waals surface area contributed by atoms with Gasteiger partial charge in [-0.25, -0.2) is 4.98 Å². The minimum absolute atomic E-state index is 0. The lowest BCUT2D eigenvalue weighted by molar-refractivity contribution is 0.200. The first-order valence-corrected chi connectivity index (χ1v) is 7.53. The third-order valence-electron chi connectivity index (χ3n) is 3.36. The molecule has 4 nitrogen and oxygen atoms in total. The second-order valence-corrected chi connectivity index (χ2v) is 5.85. The molecule has 0 spiro atoms. The van der Waals surface area contributed by atoms with E-state index in [0.717, 1.165) is 42.5 Å². The Kier molecular flexibility index (Phi) is 5.48. The summed E-state index contributed by atoms with van der Waals surface area (Å²) in [6.45, 7) is 3.01. The molecule has 3 rings (SSSR count). The zero-order valence-electron chi connectivity index (χ0n) is 11.2. The van der Waals surface area contributed by atoms with Gasteiger partial charge in [-0.3, -0.25) is 9.88 Å². The Hall–Kier alpha value is -1.01. The molecule has 0 saturated carbocycles. The molecule has 1 fully saturated rings. The highest BCUT2D eigenvalue weighted by Crippen LogP contribution is 2.22. The maximum absolute atomic E-state index is 6.01. The first-order chi connectivity index (χ1) is 9.31. The van der Waals surface area contributed by atoms with E-state index >= 15 is 0 Å². The topological polar surface area (TPSA) is 55.0 Å². The third-order valence-corrected chi connectivity index (χ3v) is 4.28. The van der Waals surface area contributed by atoms with Gasteiger partial charge in [0.05, 0.1) is 11.4 Å². The molecule has 0 amide bonds. The van der Waals surface area contributed by atoms with Gasteiger partial charge in [0.1, 0.15) is 5.01 Å². The van der Waals surface area contributed by atoms with Crippen molar-refractivity contribution in [2.75, 3.05) is 13.1 Å². The van der Waals surface area contributed by atoms with Gasteiger partial charge in [-0.1, -0.05) is 6.07 Å². The number of halogens is 1. The molecule has 1 aliphatic rings. The summed E-state index contributed by atoms with van der Waals surface area (Å²) in [6.07, 6.45) is 4.14. The summed E-state index contributed by atoms with van der Waals surface area (Å²) in [4.78, 5) is 11.4. The molecular formula is C14H19ClN4S. The number of pyridine rings is 1. The number of hydrogen-bond donors (Lipinski definition) is 1. The lowest BCUT2D eigenvalue weighted by Crippen LogP contribution is -2.42. The molecule has 0 aliphatic carbocycles. The van der Waals surface area contributed by atoms with Crippen LogP contribution in [0.1, 0.15) is 18.5 Å². The largest absolute Gasteiger partial charge is 0.327 e. The number of aromatic nitrogens is 2. The van der Waals surface area contributed by atoms with E-state index in [4.69, 9.17) is 5.73 Å². The lowest BCUT2D eigenvalue weighted by atomic mass is 10.1. The first-order valence-electron chi connectivity index (χ1n) is 6.65. The SMILES string of the molecule is Cl.N[C@@H]1CCCN(Cc2csc(-c3ccccn3)n2)C1. The molecular weight excluding hydrogens is 292 g/mol. The van der Waals surface area contributed by atoms with Gasteiger partial charge < -0.3 is 5.73 Å². The summed E-state index contributed by atoms with van der Waals surface area (Å²) in [5.41, 5.74) is 8.08. The van der Waals surface area contributed by atoms with Gasteiger partial charge in [0, 0.05) is 30.7 Å². The minimum atomic E-state index is 0. The summed E-state index contributed by atoms with van der Waals surface area (Å²) >= 11 is 1.66. The van der Waals surface area contributed by atoms with Crippen LogP contribution in [0.5, 0.6) is 0 Å². The molecule has 1 atom stereocenters. The standard InChI is InChI=1S/C14H18N4S.ClH/c15-11-4-3-7-18(8-11)9-12-10-19-14(17-12)13-5-1-2-6-16-13;/h1-2,5-6,10-11H,3-4,7-9,15H2;1H/t11-;/m1./s1. The van der Waals surface area contributed by atoms with Gasteiger partial charge in [0.25, 0.3) is 0 Å². The molecule has 1 saturated heterocycles. The van der Waals surface area contributed by atoms with Crippen molar-refractivity contribution < 1.29 is 0 Å². The maximum atomic E-state index is 6.01. The fraction of sp³-hybridized carbons (Fsp3) is 0.429. The van der Waals surface area contributed by atoms with Crippen LogP contribution in [0.2, 0.25) is 0 Å². The van der Waals surface area contributed by atoms with Crippen molar-refractivity contribution in [3.63, 3.8) is 0 Å². The van der Waals surface area contributed by atoms with Crippen LogP contribution in [0.15, 0.2) is 29.8 Å². The Bertz CT molecular complexity index is 531. The Morgan fingerprint density at radius 1 is 1.40 bits per heavy atom. The fourth-order valence-electron chi connectivity index (χ4n) is 2.45. The highest BCUT2D eigenvalue weighted by molar-refractivity contribution is 7.13. The zero-order chi connectivity index (χ0) is 13.1. The predicted molar refractivity (Wildman–Crippen MR) is 85.1 cm³/mol. The van der Waals surface area contributed by atoms with Gasteiger partial charge in [-0.2, -0.15) is 0 Å². The van der Waals surface area contributed by atoms with Crippen molar-refractivity contribution in [3.05, 3.63) is 35.5 Å². The fourth-order valence-corrected chi connectivity index (χ4v) is 3.24. The maximum Gasteiger partial charge on any atom is 0.142 e. The van der Waals surface area contributed by atoms with Crippen LogP contribution in [0.25, 0.3) is 10.7 Å². The van der Waals surface area contributed by atoms with Gasteiger partial charge in [-0.15, -0.1) is 23.7 Å². The number of nitrogens with zero attached hydrogens (tertiary/aromatic N) is 3. The van der Waals surface area contributed by atoms with Gasteiger partial charge >= 0.3 is 0 Å². The van der Waals surface area contributed by atoms with Crippen molar-refractivity contribution in [1.29, 1.82) is 0 Å². The van der Waals surface area contributed by atoms with E-state index in [1.54, 1.807) is 17.5 Å². The van der Waals surface area contributed by atoms with Gasteiger partial charge in [0.15, 0.2) is 0 Å². The van der Waals surface area contributed by atoms with E-state index in [0.29, 0.717) is 6.04 Å². The van der Waals surface area contributed by atoms with Crippen molar-refractivity contribution in [1.82, 2.24) is 14.9 Å². The van der Waals surface area contributed by atoms with Crippen molar-refractivity contribution in [3.8, 4) is 10.7 Å². The van der Waals surface area contributed by atoms with E-state index < -0.39 is 0 Å². The highest BCUT2D eigenvalue weighted by atomic mass is 35.5. The molecule has 3 heterocycles. The predicted octanol–water partition coefficient (Wildman–Crippen LogP) is 2.55. The highest BCUT2D eigenvalue weighted by Gasteiger charge is 2.17. The van der Waals surface area contributed by atoms with Gasteiger partial charge in [0.2, 0.25) is 0 Å². The van der Waals surface area contributed by atoms with E-state index in [2.05, 4.69) is 20.2 Å². The molecule has 0 radical (unpaired) electrons.